The van der Waals surface area contributed by atoms with Crippen LogP contribution in [0.1, 0.15) is 44.2 Å². The number of fused-ring (bicyclic) bond motifs is 1. The van der Waals surface area contributed by atoms with Crippen molar-refractivity contribution in [2.24, 2.45) is 5.92 Å². The molecular weight excluding hydrogens is 266 g/mol. The summed E-state index contributed by atoms with van der Waals surface area (Å²) in [6.07, 6.45) is 4.36. The van der Waals surface area contributed by atoms with Crippen molar-refractivity contribution in [3.05, 3.63) is 23.3 Å². The maximum Gasteiger partial charge on any atom is 0.223 e. The average molecular weight is 289 g/mol. The van der Waals surface area contributed by atoms with Gasteiger partial charge in [0.25, 0.3) is 0 Å². The minimum Gasteiger partial charge on any atom is -0.494 e. The second-order valence-electron chi connectivity index (χ2n) is 5.98. The maximum absolute atomic E-state index is 12.0. The van der Waals surface area contributed by atoms with E-state index < -0.39 is 0 Å². The van der Waals surface area contributed by atoms with Gasteiger partial charge in [0.15, 0.2) is 0 Å². The zero-order valence-electron chi connectivity index (χ0n) is 12.8. The van der Waals surface area contributed by atoms with Crippen LogP contribution in [0.2, 0.25) is 0 Å². The summed E-state index contributed by atoms with van der Waals surface area (Å²) in [5.41, 5.74) is 2.19. The summed E-state index contributed by atoms with van der Waals surface area (Å²) < 4.78 is 11.5. The number of nitrogens with one attached hydrogen (secondary N) is 1. The van der Waals surface area contributed by atoms with Gasteiger partial charge in [0.1, 0.15) is 17.6 Å². The Morgan fingerprint density at radius 1 is 1.43 bits per heavy atom. The highest BCUT2D eigenvalue weighted by atomic mass is 16.5. The molecule has 0 bridgehead atoms. The molecule has 0 spiro atoms. The highest BCUT2D eigenvalue weighted by molar-refractivity contribution is 5.79. The van der Waals surface area contributed by atoms with Crippen LogP contribution >= 0.6 is 0 Å². The Kier molecular flexibility index (Phi) is 4.04. The molecule has 1 aliphatic carbocycles. The van der Waals surface area contributed by atoms with E-state index in [1.165, 1.54) is 12.0 Å². The number of ether oxygens (including phenoxy) is 2. The molecule has 1 heterocycles. The van der Waals surface area contributed by atoms with E-state index >= 15 is 0 Å². The first-order valence-corrected chi connectivity index (χ1v) is 7.90. The summed E-state index contributed by atoms with van der Waals surface area (Å²) in [7, 11) is 0. The van der Waals surface area contributed by atoms with Crippen LogP contribution in [-0.2, 0) is 17.8 Å². The predicted octanol–water partition coefficient (Wildman–Crippen LogP) is 2.83. The fourth-order valence-electron chi connectivity index (χ4n) is 2.91. The third-order valence-corrected chi connectivity index (χ3v) is 4.31. The molecule has 1 atom stereocenters. The smallest absolute Gasteiger partial charge is 0.223 e. The van der Waals surface area contributed by atoms with Crippen LogP contribution in [-0.4, -0.2) is 18.6 Å². The van der Waals surface area contributed by atoms with E-state index in [1.54, 1.807) is 0 Å². The van der Waals surface area contributed by atoms with Crippen LogP contribution in [0, 0.1) is 5.92 Å². The lowest BCUT2D eigenvalue weighted by Gasteiger charge is -2.24. The summed E-state index contributed by atoms with van der Waals surface area (Å²) in [5, 5.41) is 3.03. The van der Waals surface area contributed by atoms with Crippen molar-refractivity contribution in [3.63, 3.8) is 0 Å². The van der Waals surface area contributed by atoms with E-state index in [2.05, 4.69) is 18.3 Å². The number of carbonyl (C=O) groups is 1. The van der Waals surface area contributed by atoms with Gasteiger partial charge in [0.05, 0.1) is 6.61 Å². The summed E-state index contributed by atoms with van der Waals surface area (Å²) >= 11 is 0. The molecule has 3 rings (SSSR count). The lowest BCUT2D eigenvalue weighted by atomic mass is 9.85. The van der Waals surface area contributed by atoms with Crippen molar-refractivity contribution in [3.8, 4) is 11.5 Å². The summed E-state index contributed by atoms with van der Waals surface area (Å²) in [6.45, 7) is 5.18. The van der Waals surface area contributed by atoms with E-state index in [1.807, 2.05) is 13.0 Å². The molecule has 1 saturated carbocycles. The van der Waals surface area contributed by atoms with E-state index in [-0.39, 0.29) is 17.9 Å². The van der Waals surface area contributed by atoms with Gasteiger partial charge in [-0.05, 0) is 38.8 Å². The molecule has 1 unspecified atom stereocenters. The molecule has 1 aliphatic heterocycles. The lowest BCUT2D eigenvalue weighted by Crippen LogP contribution is -2.34. The average Bonchev–Trinajstić information content (AvgIpc) is 2.73. The molecule has 21 heavy (non-hydrogen) atoms. The Hall–Kier alpha value is -1.71. The monoisotopic (exact) mass is 289 g/mol. The number of rotatable bonds is 5. The van der Waals surface area contributed by atoms with Crippen LogP contribution in [0.15, 0.2) is 12.1 Å². The molecule has 1 N–H and O–H groups in total. The van der Waals surface area contributed by atoms with Gasteiger partial charge in [0, 0.05) is 30.0 Å². The number of hydrogen-bond acceptors (Lipinski definition) is 3. The van der Waals surface area contributed by atoms with Crippen LogP contribution in [0.25, 0.3) is 0 Å². The van der Waals surface area contributed by atoms with Crippen LogP contribution in [0.4, 0.5) is 0 Å². The van der Waals surface area contributed by atoms with Crippen molar-refractivity contribution in [2.45, 2.75) is 52.2 Å². The molecular formula is C17H23NO3. The van der Waals surface area contributed by atoms with Gasteiger partial charge in [-0.2, -0.15) is 0 Å². The van der Waals surface area contributed by atoms with Gasteiger partial charge >= 0.3 is 0 Å². The third-order valence-electron chi connectivity index (χ3n) is 4.31. The minimum absolute atomic E-state index is 0.165. The molecule has 0 saturated heterocycles. The van der Waals surface area contributed by atoms with Gasteiger partial charge < -0.3 is 14.8 Å². The second kappa shape index (κ2) is 5.96. The van der Waals surface area contributed by atoms with Crippen molar-refractivity contribution >= 4 is 5.91 Å². The van der Waals surface area contributed by atoms with Crippen molar-refractivity contribution in [1.29, 1.82) is 0 Å². The number of benzene rings is 1. The highest BCUT2D eigenvalue weighted by Crippen LogP contribution is 2.35. The summed E-state index contributed by atoms with van der Waals surface area (Å²) in [4.78, 5) is 12.0. The Morgan fingerprint density at radius 2 is 2.24 bits per heavy atom. The van der Waals surface area contributed by atoms with Gasteiger partial charge in [0.2, 0.25) is 5.91 Å². The summed E-state index contributed by atoms with van der Waals surface area (Å²) in [5.74, 6) is 2.17. The first-order chi connectivity index (χ1) is 10.2. The Bertz CT molecular complexity index is 537. The van der Waals surface area contributed by atoms with Crippen LogP contribution < -0.4 is 14.8 Å². The molecule has 0 radical (unpaired) electrons. The molecule has 2 aliphatic rings. The maximum atomic E-state index is 12.0. The number of amides is 1. The predicted molar refractivity (Wildman–Crippen MR) is 80.6 cm³/mol. The number of hydrogen-bond donors (Lipinski definition) is 1. The van der Waals surface area contributed by atoms with Gasteiger partial charge in [-0.25, -0.2) is 0 Å². The molecule has 1 aromatic carbocycles. The van der Waals surface area contributed by atoms with Crippen molar-refractivity contribution < 1.29 is 14.3 Å². The van der Waals surface area contributed by atoms with Crippen LogP contribution in [0.5, 0.6) is 11.5 Å². The summed E-state index contributed by atoms with van der Waals surface area (Å²) in [6, 6.07) is 4.08. The third kappa shape index (κ3) is 2.99. The molecule has 1 amide bonds. The lowest BCUT2D eigenvalue weighted by molar-refractivity contribution is -0.127. The highest BCUT2D eigenvalue weighted by Gasteiger charge is 2.26. The largest absolute Gasteiger partial charge is 0.494 e. The topological polar surface area (TPSA) is 47.6 Å². The zero-order valence-corrected chi connectivity index (χ0v) is 12.8. The first-order valence-electron chi connectivity index (χ1n) is 7.90. The van der Waals surface area contributed by atoms with Crippen LogP contribution in [0.3, 0.4) is 0 Å². The first kappa shape index (κ1) is 14.2. The molecule has 114 valence electrons. The fourth-order valence-corrected chi connectivity index (χ4v) is 2.91. The molecule has 1 aromatic rings. The SMILES string of the molecule is CCOc1cc2c(cc1CNC(=O)C1CCC1)OC(C)C2. The van der Waals surface area contributed by atoms with Crippen molar-refractivity contribution in [1.82, 2.24) is 5.32 Å². The Morgan fingerprint density at radius 3 is 2.90 bits per heavy atom. The fraction of sp³-hybridized carbons (Fsp3) is 0.588. The standard InChI is InChI=1S/C17H23NO3/c1-3-20-15-8-13-7-11(2)21-16(13)9-14(15)10-18-17(19)12-5-4-6-12/h8-9,11-12H,3-7,10H2,1-2H3,(H,18,19). The van der Waals surface area contributed by atoms with E-state index in [0.29, 0.717) is 13.2 Å². The molecule has 4 nitrogen and oxygen atoms in total. The van der Waals surface area contributed by atoms with E-state index in [9.17, 15) is 4.79 Å². The molecule has 1 fully saturated rings. The Labute approximate surface area is 125 Å². The zero-order chi connectivity index (χ0) is 14.8. The quantitative estimate of drug-likeness (QED) is 0.906. The molecule has 0 aromatic heterocycles. The molecule has 4 heteroatoms. The van der Waals surface area contributed by atoms with Crippen molar-refractivity contribution in [2.75, 3.05) is 6.61 Å². The van der Waals surface area contributed by atoms with Gasteiger partial charge in [-0.3, -0.25) is 4.79 Å². The Balaban J connectivity index is 1.73. The van der Waals surface area contributed by atoms with E-state index in [4.69, 9.17) is 9.47 Å². The second-order valence-corrected chi connectivity index (χ2v) is 5.98. The van der Waals surface area contributed by atoms with Gasteiger partial charge in [-0.1, -0.05) is 6.42 Å². The minimum atomic E-state index is 0.165. The number of carbonyl (C=O) groups excluding carboxylic acids is 1. The van der Waals surface area contributed by atoms with E-state index in [0.717, 1.165) is 36.3 Å². The van der Waals surface area contributed by atoms with Gasteiger partial charge in [-0.15, -0.1) is 0 Å². The normalized spacial score (nSPS) is 20.4.